The molecular formula is C14H20N2O2S3. The first-order valence-electron chi connectivity index (χ1n) is 6.65. The molecule has 0 aliphatic heterocycles. The van der Waals surface area contributed by atoms with Gasteiger partial charge in [0.15, 0.2) is 0 Å². The van der Waals surface area contributed by atoms with Gasteiger partial charge in [0.05, 0.1) is 0 Å². The average Bonchev–Trinajstić information content (AvgIpc) is 3.06. The molecule has 0 amide bonds. The van der Waals surface area contributed by atoms with Gasteiger partial charge < -0.3 is 5.73 Å². The van der Waals surface area contributed by atoms with Crippen LogP contribution in [0.1, 0.15) is 22.2 Å². The van der Waals surface area contributed by atoms with Crippen LogP contribution in [-0.2, 0) is 23.0 Å². The summed E-state index contributed by atoms with van der Waals surface area (Å²) < 4.78 is 27.1. The predicted octanol–water partition coefficient (Wildman–Crippen LogP) is 2.83. The van der Waals surface area contributed by atoms with E-state index < -0.39 is 10.0 Å². The molecule has 2 N–H and O–H groups in total. The molecule has 0 aliphatic rings. The molecule has 2 heterocycles. The van der Waals surface area contributed by atoms with Crippen LogP contribution < -0.4 is 5.73 Å². The third-order valence-corrected chi connectivity index (χ3v) is 7.87. The predicted molar refractivity (Wildman–Crippen MR) is 89.4 cm³/mol. The van der Waals surface area contributed by atoms with Crippen molar-refractivity contribution in [3.8, 4) is 0 Å². The minimum Gasteiger partial charge on any atom is -0.326 e. The molecule has 0 bridgehead atoms. The maximum absolute atomic E-state index is 12.8. The number of aryl methyl sites for hydroxylation is 1. The highest BCUT2D eigenvalue weighted by atomic mass is 32.2. The van der Waals surface area contributed by atoms with Crippen molar-refractivity contribution in [2.75, 3.05) is 7.05 Å². The summed E-state index contributed by atoms with van der Waals surface area (Å²) in [6.45, 7) is 4.00. The van der Waals surface area contributed by atoms with E-state index in [4.69, 9.17) is 5.73 Å². The monoisotopic (exact) mass is 344 g/mol. The van der Waals surface area contributed by atoms with Crippen LogP contribution in [0.3, 0.4) is 0 Å². The molecule has 0 saturated carbocycles. The fourth-order valence-electron chi connectivity index (χ4n) is 2.20. The lowest BCUT2D eigenvalue weighted by Gasteiger charge is -2.24. The van der Waals surface area contributed by atoms with Crippen molar-refractivity contribution < 1.29 is 8.42 Å². The Balaban J connectivity index is 2.28. The second-order valence-corrected chi connectivity index (χ2v) is 8.96. The lowest BCUT2D eigenvalue weighted by atomic mass is 10.2. The lowest BCUT2D eigenvalue weighted by Crippen LogP contribution is -2.36. The number of sulfonamides is 1. The first kappa shape index (κ1) is 16.6. The van der Waals surface area contributed by atoms with Crippen LogP contribution >= 0.6 is 22.7 Å². The van der Waals surface area contributed by atoms with Crippen molar-refractivity contribution in [2.24, 2.45) is 5.73 Å². The summed E-state index contributed by atoms with van der Waals surface area (Å²) >= 11 is 3.06. The molecule has 4 nitrogen and oxygen atoms in total. The SMILES string of the molecule is Cc1csc(CN)c1S(=O)(=O)N(C)C(C)Cc1cccs1. The Morgan fingerprint density at radius 2 is 2.10 bits per heavy atom. The van der Waals surface area contributed by atoms with Crippen molar-refractivity contribution in [1.82, 2.24) is 4.31 Å². The molecule has 0 aliphatic carbocycles. The van der Waals surface area contributed by atoms with Crippen LogP contribution in [0.2, 0.25) is 0 Å². The highest BCUT2D eigenvalue weighted by Crippen LogP contribution is 2.30. The third-order valence-electron chi connectivity index (χ3n) is 3.51. The Hall–Kier alpha value is -0.730. The number of thiophene rings is 2. The molecule has 0 fully saturated rings. The lowest BCUT2D eigenvalue weighted by molar-refractivity contribution is 0.388. The van der Waals surface area contributed by atoms with E-state index in [1.54, 1.807) is 18.4 Å². The van der Waals surface area contributed by atoms with E-state index in [0.717, 1.165) is 10.4 Å². The highest BCUT2D eigenvalue weighted by molar-refractivity contribution is 7.89. The van der Waals surface area contributed by atoms with Crippen molar-refractivity contribution in [2.45, 2.75) is 37.8 Å². The molecule has 2 aromatic heterocycles. The maximum Gasteiger partial charge on any atom is 0.244 e. The molecule has 0 aromatic carbocycles. The van der Waals surface area contributed by atoms with Gasteiger partial charge >= 0.3 is 0 Å². The van der Waals surface area contributed by atoms with Gasteiger partial charge in [0.1, 0.15) is 4.90 Å². The van der Waals surface area contributed by atoms with Crippen molar-refractivity contribution in [1.29, 1.82) is 0 Å². The van der Waals surface area contributed by atoms with E-state index >= 15 is 0 Å². The van der Waals surface area contributed by atoms with Gasteiger partial charge in [-0.1, -0.05) is 6.07 Å². The van der Waals surface area contributed by atoms with E-state index in [1.807, 2.05) is 36.7 Å². The number of hydrogen-bond acceptors (Lipinski definition) is 5. The molecule has 7 heteroatoms. The molecule has 1 unspecified atom stereocenters. The van der Waals surface area contributed by atoms with Gasteiger partial charge in [0.2, 0.25) is 10.0 Å². The van der Waals surface area contributed by atoms with Crippen LogP contribution in [0, 0.1) is 6.92 Å². The Kier molecular flexibility index (Phi) is 5.21. The maximum atomic E-state index is 12.8. The van der Waals surface area contributed by atoms with Crippen LogP contribution in [0.15, 0.2) is 27.8 Å². The molecule has 116 valence electrons. The largest absolute Gasteiger partial charge is 0.326 e. The Morgan fingerprint density at radius 1 is 1.38 bits per heavy atom. The summed E-state index contributed by atoms with van der Waals surface area (Å²) in [6, 6.07) is 3.91. The fourth-order valence-corrected chi connectivity index (χ4v) is 6.04. The second-order valence-electron chi connectivity index (χ2n) is 5.03. The van der Waals surface area contributed by atoms with Crippen molar-refractivity contribution in [3.63, 3.8) is 0 Å². The Labute approximate surface area is 134 Å². The zero-order chi connectivity index (χ0) is 15.6. The van der Waals surface area contributed by atoms with Crippen molar-refractivity contribution >= 4 is 32.7 Å². The zero-order valence-electron chi connectivity index (χ0n) is 12.4. The first-order valence-corrected chi connectivity index (χ1v) is 9.85. The molecule has 2 rings (SSSR count). The summed E-state index contributed by atoms with van der Waals surface area (Å²) in [5.41, 5.74) is 6.45. The molecule has 0 spiro atoms. The van der Waals surface area contributed by atoms with Gasteiger partial charge in [-0.3, -0.25) is 0 Å². The van der Waals surface area contributed by atoms with Crippen LogP contribution in [0.25, 0.3) is 0 Å². The zero-order valence-corrected chi connectivity index (χ0v) is 14.8. The highest BCUT2D eigenvalue weighted by Gasteiger charge is 2.30. The minimum absolute atomic E-state index is 0.0985. The Morgan fingerprint density at radius 3 is 2.67 bits per heavy atom. The number of likely N-dealkylation sites (N-methyl/N-ethyl adjacent to an activating group) is 1. The summed E-state index contributed by atoms with van der Waals surface area (Å²) in [5.74, 6) is 0. The average molecular weight is 345 g/mol. The van der Waals surface area contributed by atoms with Crippen LogP contribution in [0.5, 0.6) is 0 Å². The van der Waals surface area contributed by atoms with Gasteiger partial charge in [-0.25, -0.2) is 8.42 Å². The summed E-state index contributed by atoms with van der Waals surface area (Å²) in [7, 11) is -1.86. The number of hydrogen-bond donors (Lipinski definition) is 1. The van der Waals surface area contributed by atoms with Gasteiger partial charge in [0.25, 0.3) is 0 Å². The fraction of sp³-hybridized carbons (Fsp3) is 0.429. The van der Waals surface area contributed by atoms with Crippen LogP contribution in [-0.4, -0.2) is 25.8 Å². The summed E-state index contributed by atoms with van der Waals surface area (Å²) in [4.78, 5) is 2.30. The number of rotatable bonds is 6. The molecule has 21 heavy (non-hydrogen) atoms. The minimum atomic E-state index is -3.50. The smallest absolute Gasteiger partial charge is 0.244 e. The molecule has 0 saturated heterocycles. The Bertz CT molecular complexity index is 690. The summed E-state index contributed by atoms with van der Waals surface area (Å²) in [5, 5.41) is 3.86. The van der Waals surface area contributed by atoms with Gasteiger partial charge in [-0.05, 0) is 42.7 Å². The van der Waals surface area contributed by atoms with Crippen molar-refractivity contribution in [3.05, 3.63) is 38.2 Å². The van der Waals surface area contributed by atoms with E-state index in [9.17, 15) is 8.42 Å². The number of nitrogens with two attached hydrogens (primary N) is 1. The van der Waals surface area contributed by atoms with E-state index in [1.165, 1.54) is 20.5 Å². The quantitative estimate of drug-likeness (QED) is 0.876. The number of nitrogens with zero attached hydrogens (tertiary/aromatic N) is 1. The van der Waals surface area contributed by atoms with E-state index in [0.29, 0.717) is 11.3 Å². The topological polar surface area (TPSA) is 63.4 Å². The normalized spacial score (nSPS) is 13.8. The second kappa shape index (κ2) is 6.58. The molecule has 0 radical (unpaired) electrons. The summed E-state index contributed by atoms with van der Waals surface area (Å²) in [6.07, 6.45) is 0.717. The van der Waals surface area contributed by atoms with E-state index in [2.05, 4.69) is 0 Å². The molecule has 1 atom stereocenters. The standard InChI is InChI=1S/C14H20N2O2S3/c1-10-9-20-13(8-15)14(10)21(17,18)16(3)11(2)7-12-5-4-6-19-12/h4-6,9,11H,7-8,15H2,1-3H3. The first-order chi connectivity index (χ1) is 9.87. The molecule has 2 aromatic rings. The van der Waals surface area contributed by atoms with Gasteiger partial charge in [-0.15, -0.1) is 22.7 Å². The molecular weight excluding hydrogens is 324 g/mol. The van der Waals surface area contributed by atoms with Gasteiger partial charge in [0, 0.05) is 29.4 Å². The van der Waals surface area contributed by atoms with Gasteiger partial charge in [-0.2, -0.15) is 4.31 Å². The third kappa shape index (κ3) is 3.37. The van der Waals surface area contributed by atoms with E-state index in [-0.39, 0.29) is 12.6 Å². The van der Waals surface area contributed by atoms with Crippen LogP contribution in [0.4, 0.5) is 0 Å².